The van der Waals surface area contributed by atoms with Gasteiger partial charge in [-0.3, -0.25) is 4.79 Å². The topological polar surface area (TPSA) is 98.5 Å². The molecule has 0 unspecified atom stereocenters. The lowest BCUT2D eigenvalue weighted by Gasteiger charge is -2.06. The molecule has 3 N–H and O–H groups in total. The maximum atomic E-state index is 11.6. The van der Waals surface area contributed by atoms with Gasteiger partial charge in [-0.2, -0.15) is 0 Å². The molecule has 20 heavy (non-hydrogen) atoms. The summed E-state index contributed by atoms with van der Waals surface area (Å²) in [5, 5.41) is 7.58. The number of nitrogens with two attached hydrogens (primary N) is 1. The van der Waals surface area contributed by atoms with E-state index in [0.717, 1.165) is 11.8 Å². The van der Waals surface area contributed by atoms with Gasteiger partial charge < -0.3 is 10.1 Å². The highest BCUT2D eigenvalue weighted by Gasteiger charge is 2.09. The van der Waals surface area contributed by atoms with Crippen LogP contribution in [-0.2, 0) is 19.6 Å². The number of benzene rings is 1. The summed E-state index contributed by atoms with van der Waals surface area (Å²) in [7, 11) is -3.73. The average Bonchev–Trinajstić information content (AvgIpc) is 2.36. The van der Waals surface area contributed by atoms with Crippen LogP contribution in [0.4, 0.5) is 5.69 Å². The number of thiocarbonyl (C=S) groups is 1. The fourth-order valence-corrected chi connectivity index (χ4v) is 2.54. The minimum absolute atomic E-state index is 0.0117. The number of rotatable bonds is 5. The molecule has 0 aliphatic carbocycles. The summed E-state index contributed by atoms with van der Waals surface area (Å²) < 4.78 is 27.5. The Bertz CT molecular complexity index is 584. The highest BCUT2D eigenvalue weighted by atomic mass is 32.2. The van der Waals surface area contributed by atoms with E-state index in [1.165, 1.54) is 24.3 Å². The first-order valence-corrected chi connectivity index (χ1v) is 8.49. The first-order chi connectivity index (χ1) is 9.32. The van der Waals surface area contributed by atoms with Crippen LogP contribution in [0.5, 0.6) is 0 Å². The maximum absolute atomic E-state index is 11.6. The van der Waals surface area contributed by atoms with Gasteiger partial charge in [0.2, 0.25) is 20.3 Å². The number of anilines is 1. The zero-order chi connectivity index (χ0) is 15.2. The van der Waals surface area contributed by atoms with Gasteiger partial charge in [0.25, 0.3) is 0 Å². The Morgan fingerprint density at radius 3 is 2.50 bits per heavy atom. The van der Waals surface area contributed by atoms with Crippen LogP contribution < -0.4 is 10.5 Å². The van der Waals surface area contributed by atoms with Crippen LogP contribution in [0.3, 0.4) is 0 Å². The Morgan fingerprint density at radius 2 is 2.00 bits per heavy atom. The van der Waals surface area contributed by atoms with Crippen LogP contribution in [0.1, 0.15) is 6.92 Å². The first kappa shape index (κ1) is 16.9. The number of primary sulfonamides is 1. The van der Waals surface area contributed by atoms with Gasteiger partial charge >= 0.3 is 0 Å². The predicted octanol–water partition coefficient (Wildman–Crippen LogP) is 1.33. The van der Waals surface area contributed by atoms with Gasteiger partial charge in [0.15, 0.2) is 0 Å². The van der Waals surface area contributed by atoms with Crippen LogP contribution in [0.25, 0.3) is 0 Å². The minimum atomic E-state index is -3.73. The van der Waals surface area contributed by atoms with Gasteiger partial charge in [-0.15, -0.1) is 0 Å². The number of ether oxygens (including phenoxy) is 1. The molecule has 0 bridgehead atoms. The fourth-order valence-electron chi connectivity index (χ4n) is 1.21. The Labute approximate surface area is 127 Å². The molecule has 6 nitrogen and oxygen atoms in total. The molecule has 0 saturated heterocycles. The summed E-state index contributed by atoms with van der Waals surface area (Å²) in [5.74, 6) is -0.143. The number of carbonyl (C=O) groups is 1. The molecular weight excluding hydrogens is 320 g/mol. The molecule has 0 aromatic heterocycles. The Hall–Kier alpha value is -1.16. The van der Waals surface area contributed by atoms with Crippen molar-refractivity contribution in [2.24, 2.45) is 5.14 Å². The number of sulfonamides is 1. The molecule has 1 amide bonds. The summed E-state index contributed by atoms with van der Waals surface area (Å²) in [5.41, 5.74) is 0.477. The van der Waals surface area contributed by atoms with E-state index < -0.39 is 10.0 Å². The van der Waals surface area contributed by atoms with E-state index in [2.05, 4.69) is 5.32 Å². The van der Waals surface area contributed by atoms with Crippen molar-refractivity contribution in [3.63, 3.8) is 0 Å². The van der Waals surface area contributed by atoms with Crippen molar-refractivity contribution in [3.05, 3.63) is 24.3 Å². The van der Waals surface area contributed by atoms with Crippen LogP contribution in [0, 0.1) is 0 Å². The van der Waals surface area contributed by atoms with Crippen molar-refractivity contribution in [1.82, 2.24) is 0 Å². The summed E-state index contributed by atoms with van der Waals surface area (Å²) in [6, 6.07) is 5.57. The lowest BCUT2D eigenvalue weighted by Crippen LogP contribution is -2.16. The standard InChI is InChI=1S/C11H14N2O4S3/c1-2-17-11(18)19-7-10(14)13-8-3-5-9(6-4-8)20(12,15)16/h3-6H,2,7H2,1H3,(H,13,14)(H2,12,15,16). The molecule has 110 valence electrons. The SMILES string of the molecule is CCOC(=S)SCC(=O)Nc1ccc(S(N)(=O)=O)cc1. The Balaban J connectivity index is 2.53. The highest BCUT2D eigenvalue weighted by molar-refractivity contribution is 8.23. The quantitative estimate of drug-likeness (QED) is 0.788. The number of carbonyl (C=O) groups excluding carboxylic acids is 1. The molecule has 0 aliphatic rings. The third-order valence-electron chi connectivity index (χ3n) is 2.05. The van der Waals surface area contributed by atoms with Crippen molar-refractivity contribution < 1.29 is 17.9 Å². The Morgan fingerprint density at radius 1 is 1.40 bits per heavy atom. The zero-order valence-corrected chi connectivity index (χ0v) is 13.1. The van der Waals surface area contributed by atoms with Gasteiger partial charge in [0.05, 0.1) is 17.3 Å². The van der Waals surface area contributed by atoms with Crippen LogP contribution in [0.15, 0.2) is 29.2 Å². The smallest absolute Gasteiger partial charge is 0.238 e. The molecule has 0 radical (unpaired) electrons. The summed E-state index contributed by atoms with van der Waals surface area (Å²) in [6.07, 6.45) is 0. The summed E-state index contributed by atoms with van der Waals surface area (Å²) >= 11 is 5.99. The van der Waals surface area contributed by atoms with Gasteiger partial charge in [-0.05, 0) is 43.4 Å². The number of amides is 1. The second-order valence-corrected chi connectivity index (χ2v) is 6.73. The van der Waals surface area contributed by atoms with E-state index in [-0.39, 0.29) is 16.6 Å². The van der Waals surface area contributed by atoms with E-state index in [1.54, 1.807) is 6.92 Å². The lowest BCUT2D eigenvalue weighted by atomic mass is 10.3. The molecule has 0 saturated carbocycles. The normalized spacial score (nSPS) is 10.9. The molecule has 1 aromatic carbocycles. The number of hydrogen-bond donors (Lipinski definition) is 2. The predicted molar refractivity (Wildman–Crippen MR) is 83.1 cm³/mol. The molecule has 0 spiro atoms. The second-order valence-electron chi connectivity index (χ2n) is 3.59. The molecule has 0 atom stereocenters. The van der Waals surface area contributed by atoms with Gasteiger partial charge in [0, 0.05) is 5.69 Å². The molecule has 9 heteroatoms. The maximum Gasteiger partial charge on any atom is 0.238 e. The number of hydrogen-bond acceptors (Lipinski definition) is 6. The fraction of sp³-hybridized carbons (Fsp3) is 0.273. The molecule has 1 aromatic rings. The van der Waals surface area contributed by atoms with Crippen LogP contribution in [0.2, 0.25) is 0 Å². The molecule has 0 heterocycles. The zero-order valence-electron chi connectivity index (χ0n) is 10.7. The van der Waals surface area contributed by atoms with E-state index in [4.69, 9.17) is 22.1 Å². The van der Waals surface area contributed by atoms with Crippen molar-refractivity contribution in [2.45, 2.75) is 11.8 Å². The van der Waals surface area contributed by atoms with E-state index in [9.17, 15) is 13.2 Å². The van der Waals surface area contributed by atoms with E-state index in [0.29, 0.717) is 16.7 Å². The van der Waals surface area contributed by atoms with Gasteiger partial charge in [-0.25, -0.2) is 13.6 Å². The number of thioether (sulfide) groups is 1. The third-order valence-corrected chi connectivity index (χ3v) is 4.21. The molecule has 0 aliphatic heterocycles. The average molecular weight is 334 g/mol. The van der Waals surface area contributed by atoms with Gasteiger partial charge in [-0.1, -0.05) is 11.8 Å². The summed E-state index contributed by atoms with van der Waals surface area (Å²) in [6.45, 7) is 2.27. The van der Waals surface area contributed by atoms with Crippen LogP contribution in [-0.4, -0.2) is 31.1 Å². The van der Waals surface area contributed by atoms with Crippen molar-refractivity contribution in [1.29, 1.82) is 0 Å². The molecule has 1 rings (SSSR count). The van der Waals surface area contributed by atoms with Crippen molar-refractivity contribution in [2.75, 3.05) is 17.7 Å². The van der Waals surface area contributed by atoms with Crippen LogP contribution >= 0.6 is 24.0 Å². The molecule has 0 fully saturated rings. The lowest BCUT2D eigenvalue weighted by molar-refractivity contribution is -0.113. The number of nitrogens with one attached hydrogen (secondary N) is 1. The largest absolute Gasteiger partial charge is 0.479 e. The highest BCUT2D eigenvalue weighted by Crippen LogP contribution is 2.13. The molecular formula is C11H14N2O4S3. The van der Waals surface area contributed by atoms with Crippen molar-refractivity contribution in [3.8, 4) is 0 Å². The summed E-state index contributed by atoms with van der Waals surface area (Å²) in [4.78, 5) is 11.6. The van der Waals surface area contributed by atoms with E-state index in [1.807, 2.05) is 0 Å². The second kappa shape index (κ2) is 7.58. The monoisotopic (exact) mass is 334 g/mol. The minimum Gasteiger partial charge on any atom is -0.479 e. The van der Waals surface area contributed by atoms with Gasteiger partial charge in [0.1, 0.15) is 0 Å². The first-order valence-electron chi connectivity index (χ1n) is 5.55. The van der Waals surface area contributed by atoms with E-state index >= 15 is 0 Å². The Kier molecular flexibility index (Phi) is 6.40. The third kappa shape index (κ3) is 5.87. The van der Waals surface area contributed by atoms with Crippen molar-refractivity contribution >= 4 is 50.0 Å².